The average molecular weight is 189 g/mol. The smallest absolute Gasteiger partial charge is 0.319 e. The minimum Gasteiger partial charge on any atom is -0.469 e. The molecule has 13 heavy (non-hydrogen) atoms. The molecule has 0 fully saturated rings. The molecule has 1 N–H and O–H groups in total. The maximum Gasteiger partial charge on any atom is 0.319 e. The molecule has 5 heteroatoms. The minimum atomic E-state index is -0.350. The number of hydrogen-bond donors (Lipinski definition) is 1. The van der Waals surface area contributed by atoms with Crippen LogP contribution in [0.25, 0.3) is 0 Å². The van der Waals surface area contributed by atoms with E-state index in [2.05, 4.69) is 14.8 Å². The molecule has 0 aromatic rings. The van der Waals surface area contributed by atoms with Crippen molar-refractivity contribution in [3.63, 3.8) is 0 Å². The van der Waals surface area contributed by atoms with Crippen LogP contribution in [-0.2, 0) is 19.1 Å². The van der Waals surface area contributed by atoms with Crippen LogP contribution in [0.3, 0.4) is 0 Å². The van der Waals surface area contributed by atoms with E-state index in [1.807, 2.05) is 0 Å². The summed E-state index contributed by atoms with van der Waals surface area (Å²) in [5.41, 5.74) is 0. The molecule has 0 spiro atoms. The van der Waals surface area contributed by atoms with E-state index in [0.717, 1.165) is 0 Å². The van der Waals surface area contributed by atoms with Crippen LogP contribution in [-0.4, -0.2) is 38.7 Å². The van der Waals surface area contributed by atoms with E-state index in [1.54, 1.807) is 6.92 Å². The number of carbonyl (C=O) groups is 2. The van der Waals surface area contributed by atoms with Gasteiger partial charge in [0.1, 0.15) is 0 Å². The van der Waals surface area contributed by atoms with Crippen LogP contribution in [0, 0.1) is 0 Å². The highest BCUT2D eigenvalue weighted by atomic mass is 16.5. The van der Waals surface area contributed by atoms with Gasteiger partial charge in [-0.3, -0.25) is 9.59 Å². The van der Waals surface area contributed by atoms with Gasteiger partial charge in [-0.15, -0.1) is 0 Å². The SMILES string of the molecule is COC(=O)CNC(C)CC(=O)OC. The number of hydrogen-bond acceptors (Lipinski definition) is 5. The molecule has 0 aromatic carbocycles. The number of nitrogens with one attached hydrogen (secondary N) is 1. The Balaban J connectivity index is 3.56. The van der Waals surface area contributed by atoms with Crippen molar-refractivity contribution in [2.75, 3.05) is 20.8 Å². The molecule has 0 heterocycles. The third kappa shape index (κ3) is 6.10. The molecule has 1 atom stereocenters. The lowest BCUT2D eigenvalue weighted by molar-refractivity contribution is -0.142. The second kappa shape index (κ2) is 6.42. The van der Waals surface area contributed by atoms with E-state index < -0.39 is 0 Å². The summed E-state index contributed by atoms with van der Waals surface area (Å²) in [5.74, 6) is -0.651. The Morgan fingerprint density at radius 2 is 1.77 bits per heavy atom. The number of carbonyl (C=O) groups excluding carboxylic acids is 2. The van der Waals surface area contributed by atoms with Crippen molar-refractivity contribution in [2.45, 2.75) is 19.4 Å². The highest BCUT2D eigenvalue weighted by Crippen LogP contribution is 1.92. The third-order valence-electron chi connectivity index (χ3n) is 1.52. The standard InChI is InChI=1S/C8H15NO4/c1-6(4-7(10)12-2)9-5-8(11)13-3/h6,9H,4-5H2,1-3H3. The normalized spacial score (nSPS) is 11.9. The molecule has 0 amide bonds. The Bertz CT molecular complexity index is 181. The fraction of sp³-hybridized carbons (Fsp3) is 0.750. The molecular weight excluding hydrogens is 174 g/mol. The van der Waals surface area contributed by atoms with Crippen molar-refractivity contribution in [1.82, 2.24) is 5.32 Å². The number of ether oxygens (including phenoxy) is 2. The molecule has 0 aliphatic rings. The molecule has 0 aliphatic heterocycles. The van der Waals surface area contributed by atoms with Crippen LogP contribution in [0.15, 0.2) is 0 Å². The van der Waals surface area contributed by atoms with E-state index >= 15 is 0 Å². The molecular formula is C8H15NO4. The van der Waals surface area contributed by atoms with Gasteiger partial charge in [-0.1, -0.05) is 0 Å². The quantitative estimate of drug-likeness (QED) is 0.601. The third-order valence-corrected chi connectivity index (χ3v) is 1.52. The zero-order valence-corrected chi connectivity index (χ0v) is 8.12. The summed E-state index contributed by atoms with van der Waals surface area (Å²) < 4.78 is 8.87. The summed E-state index contributed by atoms with van der Waals surface area (Å²) in [6.45, 7) is 1.90. The van der Waals surface area contributed by atoms with Gasteiger partial charge < -0.3 is 14.8 Å². The van der Waals surface area contributed by atoms with E-state index in [4.69, 9.17) is 0 Å². The summed E-state index contributed by atoms with van der Waals surface area (Å²) in [6.07, 6.45) is 0.244. The van der Waals surface area contributed by atoms with Gasteiger partial charge in [0.05, 0.1) is 27.2 Å². The molecule has 0 radical (unpaired) electrons. The monoisotopic (exact) mass is 189 g/mol. The molecule has 0 bridgehead atoms. The van der Waals surface area contributed by atoms with Crippen molar-refractivity contribution < 1.29 is 19.1 Å². The van der Waals surface area contributed by atoms with Crippen LogP contribution in [0.5, 0.6) is 0 Å². The van der Waals surface area contributed by atoms with Gasteiger partial charge in [-0.05, 0) is 6.92 Å². The molecule has 0 aromatic heterocycles. The number of rotatable bonds is 5. The fourth-order valence-corrected chi connectivity index (χ4v) is 0.735. The Hall–Kier alpha value is -1.10. The van der Waals surface area contributed by atoms with Crippen molar-refractivity contribution in [3.05, 3.63) is 0 Å². The minimum absolute atomic E-state index is 0.0912. The first-order valence-corrected chi connectivity index (χ1v) is 3.97. The molecule has 5 nitrogen and oxygen atoms in total. The van der Waals surface area contributed by atoms with Gasteiger partial charge in [0, 0.05) is 6.04 Å². The van der Waals surface area contributed by atoms with Gasteiger partial charge in [-0.2, -0.15) is 0 Å². The lowest BCUT2D eigenvalue weighted by atomic mass is 10.2. The first-order chi connectivity index (χ1) is 6.10. The molecule has 0 aliphatic carbocycles. The Labute approximate surface area is 77.4 Å². The molecule has 0 saturated carbocycles. The largest absolute Gasteiger partial charge is 0.469 e. The van der Waals surface area contributed by atoms with Crippen molar-refractivity contribution >= 4 is 11.9 Å². The maximum atomic E-state index is 10.8. The number of esters is 2. The predicted molar refractivity (Wildman–Crippen MR) is 46.1 cm³/mol. The van der Waals surface area contributed by atoms with Crippen LogP contribution in [0.4, 0.5) is 0 Å². The summed E-state index contributed by atoms with van der Waals surface area (Å²) >= 11 is 0. The van der Waals surface area contributed by atoms with Crippen LogP contribution < -0.4 is 5.32 Å². The van der Waals surface area contributed by atoms with Crippen molar-refractivity contribution in [1.29, 1.82) is 0 Å². The predicted octanol–water partition coefficient (Wildman–Crippen LogP) is -0.299. The Morgan fingerprint density at radius 1 is 1.23 bits per heavy atom. The topological polar surface area (TPSA) is 64.6 Å². The second-order valence-electron chi connectivity index (χ2n) is 2.64. The van der Waals surface area contributed by atoms with Gasteiger partial charge in [0.15, 0.2) is 0 Å². The highest BCUT2D eigenvalue weighted by Gasteiger charge is 2.09. The molecule has 0 saturated heterocycles. The van der Waals surface area contributed by atoms with Gasteiger partial charge in [0.25, 0.3) is 0 Å². The Morgan fingerprint density at radius 3 is 2.23 bits per heavy atom. The summed E-state index contributed by atoms with van der Waals surface area (Å²) in [7, 11) is 2.64. The maximum absolute atomic E-state index is 10.8. The van der Waals surface area contributed by atoms with E-state index in [0.29, 0.717) is 0 Å². The average Bonchev–Trinajstić information content (AvgIpc) is 2.13. The lowest BCUT2D eigenvalue weighted by Crippen LogP contribution is -2.33. The van der Waals surface area contributed by atoms with E-state index in [-0.39, 0.29) is 30.9 Å². The van der Waals surface area contributed by atoms with E-state index in [1.165, 1.54) is 14.2 Å². The van der Waals surface area contributed by atoms with Crippen LogP contribution in [0.2, 0.25) is 0 Å². The Kier molecular flexibility index (Phi) is 5.88. The van der Waals surface area contributed by atoms with Crippen LogP contribution >= 0.6 is 0 Å². The lowest BCUT2D eigenvalue weighted by Gasteiger charge is -2.10. The first-order valence-electron chi connectivity index (χ1n) is 3.97. The summed E-state index contributed by atoms with van der Waals surface area (Å²) in [5, 5.41) is 2.82. The van der Waals surface area contributed by atoms with Crippen molar-refractivity contribution in [2.24, 2.45) is 0 Å². The molecule has 76 valence electrons. The summed E-state index contributed by atoms with van der Waals surface area (Å²) in [6, 6.07) is -0.0912. The molecule has 0 rings (SSSR count). The zero-order chi connectivity index (χ0) is 10.3. The highest BCUT2D eigenvalue weighted by molar-refractivity contribution is 5.72. The second-order valence-corrected chi connectivity index (χ2v) is 2.64. The van der Waals surface area contributed by atoms with Crippen molar-refractivity contribution in [3.8, 4) is 0 Å². The first kappa shape index (κ1) is 11.9. The van der Waals surface area contributed by atoms with Gasteiger partial charge in [0.2, 0.25) is 0 Å². The molecule has 1 unspecified atom stereocenters. The van der Waals surface area contributed by atoms with Crippen LogP contribution in [0.1, 0.15) is 13.3 Å². The zero-order valence-electron chi connectivity index (χ0n) is 8.12. The van der Waals surface area contributed by atoms with Gasteiger partial charge in [-0.25, -0.2) is 0 Å². The summed E-state index contributed by atoms with van der Waals surface area (Å²) in [4.78, 5) is 21.4. The van der Waals surface area contributed by atoms with E-state index in [9.17, 15) is 9.59 Å². The number of methoxy groups -OCH3 is 2. The fourth-order valence-electron chi connectivity index (χ4n) is 0.735. The van der Waals surface area contributed by atoms with Gasteiger partial charge >= 0.3 is 11.9 Å².